The Morgan fingerprint density at radius 2 is 1.46 bits per heavy atom. The molecule has 0 aliphatic heterocycles. The molecule has 0 bridgehead atoms. The van der Waals surface area contributed by atoms with E-state index in [0.29, 0.717) is 5.82 Å². The van der Waals surface area contributed by atoms with Crippen molar-refractivity contribution in [1.82, 2.24) is 9.55 Å². The summed E-state index contributed by atoms with van der Waals surface area (Å²) in [5, 5.41) is 0. The first-order valence-electron chi connectivity index (χ1n) is 8.31. The first-order valence-corrected chi connectivity index (χ1v) is 8.31. The van der Waals surface area contributed by atoms with E-state index in [2.05, 4.69) is 4.98 Å². The first-order chi connectivity index (χ1) is 12.6. The van der Waals surface area contributed by atoms with Crippen molar-refractivity contribution in [2.24, 2.45) is 0 Å². The smallest absolute Gasteiger partial charge is 0.148 e. The van der Waals surface area contributed by atoms with Gasteiger partial charge in [0.25, 0.3) is 0 Å². The minimum Gasteiger partial charge on any atom is -0.292 e. The van der Waals surface area contributed by atoms with Crippen LogP contribution < -0.4 is 0 Å². The molecular formula is C22H16F2N2. The van der Waals surface area contributed by atoms with Gasteiger partial charge in [-0.05, 0) is 31.2 Å². The van der Waals surface area contributed by atoms with E-state index >= 15 is 0 Å². The van der Waals surface area contributed by atoms with Crippen LogP contribution in [0.2, 0.25) is 0 Å². The van der Waals surface area contributed by atoms with Crippen LogP contribution in [0.25, 0.3) is 28.3 Å². The lowest BCUT2D eigenvalue weighted by Gasteiger charge is -2.13. The number of aromatic nitrogens is 2. The molecule has 0 atom stereocenters. The molecule has 0 radical (unpaired) electrons. The van der Waals surface area contributed by atoms with Crippen LogP contribution in [0.4, 0.5) is 8.78 Å². The Hall–Kier alpha value is -3.27. The van der Waals surface area contributed by atoms with Crippen molar-refractivity contribution in [1.29, 1.82) is 0 Å². The fourth-order valence-electron chi connectivity index (χ4n) is 3.14. The van der Waals surface area contributed by atoms with E-state index in [1.807, 2.05) is 72.2 Å². The van der Waals surface area contributed by atoms with Gasteiger partial charge in [-0.3, -0.25) is 4.57 Å². The maximum atomic E-state index is 14.5. The second-order valence-electron chi connectivity index (χ2n) is 6.03. The Balaban J connectivity index is 2.04. The molecule has 0 spiro atoms. The SMILES string of the molecule is Cc1nc(-c2ccc(F)cc2F)n(-c2ccccc2)c1-c1ccccc1. The summed E-state index contributed by atoms with van der Waals surface area (Å²) in [6.07, 6.45) is 0. The van der Waals surface area contributed by atoms with Crippen molar-refractivity contribution in [3.8, 4) is 28.3 Å². The van der Waals surface area contributed by atoms with Gasteiger partial charge in [-0.25, -0.2) is 13.8 Å². The van der Waals surface area contributed by atoms with Crippen molar-refractivity contribution in [2.45, 2.75) is 6.92 Å². The van der Waals surface area contributed by atoms with Gasteiger partial charge in [-0.15, -0.1) is 0 Å². The highest BCUT2D eigenvalue weighted by Crippen LogP contribution is 2.34. The number of para-hydroxylation sites is 1. The van der Waals surface area contributed by atoms with Crippen LogP contribution in [-0.4, -0.2) is 9.55 Å². The first kappa shape index (κ1) is 16.2. The number of aryl methyl sites for hydroxylation is 1. The molecule has 0 aliphatic rings. The van der Waals surface area contributed by atoms with Crippen LogP contribution in [-0.2, 0) is 0 Å². The van der Waals surface area contributed by atoms with Gasteiger partial charge in [-0.2, -0.15) is 0 Å². The molecule has 0 fully saturated rings. The minimum absolute atomic E-state index is 0.264. The number of hydrogen-bond donors (Lipinski definition) is 0. The summed E-state index contributed by atoms with van der Waals surface area (Å²) in [5.41, 5.74) is 3.77. The largest absolute Gasteiger partial charge is 0.292 e. The van der Waals surface area contributed by atoms with E-state index in [1.165, 1.54) is 12.1 Å². The van der Waals surface area contributed by atoms with Crippen molar-refractivity contribution in [2.75, 3.05) is 0 Å². The minimum atomic E-state index is -0.633. The number of halogens is 2. The van der Waals surface area contributed by atoms with Gasteiger partial charge in [-0.1, -0.05) is 48.5 Å². The van der Waals surface area contributed by atoms with Gasteiger partial charge in [0.2, 0.25) is 0 Å². The normalized spacial score (nSPS) is 10.9. The summed E-state index contributed by atoms with van der Waals surface area (Å²) >= 11 is 0. The van der Waals surface area contributed by atoms with E-state index in [4.69, 9.17) is 0 Å². The van der Waals surface area contributed by atoms with Gasteiger partial charge in [0, 0.05) is 17.3 Å². The van der Waals surface area contributed by atoms with Crippen LogP contribution in [0.15, 0.2) is 78.9 Å². The number of imidazole rings is 1. The maximum absolute atomic E-state index is 14.5. The molecule has 1 aromatic heterocycles. The number of benzene rings is 3. The molecule has 128 valence electrons. The summed E-state index contributed by atoms with van der Waals surface area (Å²) in [6, 6.07) is 23.1. The molecule has 4 heteroatoms. The maximum Gasteiger partial charge on any atom is 0.148 e. The Bertz CT molecular complexity index is 1050. The zero-order valence-corrected chi connectivity index (χ0v) is 14.2. The highest BCUT2D eigenvalue weighted by molar-refractivity contribution is 5.72. The summed E-state index contributed by atoms with van der Waals surface area (Å²) in [4.78, 5) is 4.62. The molecule has 2 nitrogen and oxygen atoms in total. The van der Waals surface area contributed by atoms with E-state index in [-0.39, 0.29) is 5.56 Å². The lowest BCUT2D eigenvalue weighted by Crippen LogP contribution is -2.01. The van der Waals surface area contributed by atoms with Crippen LogP contribution in [0, 0.1) is 18.6 Å². The summed E-state index contributed by atoms with van der Waals surface area (Å²) in [5.74, 6) is -0.791. The van der Waals surface area contributed by atoms with Crippen molar-refractivity contribution < 1.29 is 8.78 Å². The molecule has 4 aromatic rings. The molecule has 0 saturated heterocycles. The monoisotopic (exact) mass is 346 g/mol. The third-order valence-corrected chi connectivity index (χ3v) is 4.29. The second-order valence-corrected chi connectivity index (χ2v) is 6.03. The average Bonchev–Trinajstić information content (AvgIpc) is 3.00. The number of nitrogens with zero attached hydrogens (tertiary/aromatic N) is 2. The van der Waals surface area contributed by atoms with Gasteiger partial charge in [0.1, 0.15) is 17.5 Å². The molecule has 0 amide bonds. The van der Waals surface area contributed by atoms with Gasteiger partial charge in [0.15, 0.2) is 0 Å². The molecule has 0 N–H and O–H groups in total. The average molecular weight is 346 g/mol. The molecule has 0 unspecified atom stereocenters. The van der Waals surface area contributed by atoms with Crippen LogP contribution in [0.1, 0.15) is 5.69 Å². The standard InChI is InChI=1S/C22H16F2N2/c1-15-21(16-8-4-2-5-9-16)26(18-10-6-3-7-11-18)22(25-15)19-13-12-17(23)14-20(19)24/h2-14H,1H3. The molecule has 26 heavy (non-hydrogen) atoms. The Morgan fingerprint density at radius 3 is 2.12 bits per heavy atom. The Morgan fingerprint density at radius 1 is 0.808 bits per heavy atom. The third kappa shape index (κ3) is 2.80. The highest BCUT2D eigenvalue weighted by Gasteiger charge is 2.21. The number of rotatable bonds is 3. The predicted octanol–water partition coefficient (Wildman–Crippen LogP) is 5.79. The Kier molecular flexibility index (Phi) is 4.09. The van der Waals surface area contributed by atoms with E-state index in [9.17, 15) is 8.78 Å². The third-order valence-electron chi connectivity index (χ3n) is 4.29. The summed E-state index contributed by atoms with van der Waals surface area (Å²) in [7, 11) is 0. The fourth-order valence-corrected chi connectivity index (χ4v) is 3.14. The van der Waals surface area contributed by atoms with Gasteiger partial charge >= 0.3 is 0 Å². The Labute approximate surface area is 150 Å². The van der Waals surface area contributed by atoms with Crippen LogP contribution >= 0.6 is 0 Å². The lowest BCUT2D eigenvalue weighted by atomic mass is 10.1. The quantitative estimate of drug-likeness (QED) is 0.459. The second kappa shape index (κ2) is 6.56. The molecular weight excluding hydrogens is 330 g/mol. The zero-order chi connectivity index (χ0) is 18.1. The van der Waals surface area contributed by atoms with Crippen LogP contribution in [0.3, 0.4) is 0 Å². The molecule has 3 aromatic carbocycles. The van der Waals surface area contributed by atoms with E-state index in [0.717, 1.165) is 28.7 Å². The summed E-state index contributed by atoms with van der Waals surface area (Å²) in [6.45, 7) is 1.90. The summed E-state index contributed by atoms with van der Waals surface area (Å²) < 4.78 is 29.8. The topological polar surface area (TPSA) is 17.8 Å². The zero-order valence-electron chi connectivity index (χ0n) is 14.2. The van der Waals surface area contributed by atoms with E-state index in [1.54, 1.807) is 0 Å². The van der Waals surface area contributed by atoms with Gasteiger partial charge < -0.3 is 0 Å². The number of hydrogen-bond acceptors (Lipinski definition) is 1. The fraction of sp³-hybridized carbons (Fsp3) is 0.0455. The highest BCUT2D eigenvalue weighted by atomic mass is 19.1. The van der Waals surface area contributed by atoms with Crippen LogP contribution in [0.5, 0.6) is 0 Å². The van der Waals surface area contributed by atoms with Crippen molar-refractivity contribution in [3.05, 3.63) is 96.2 Å². The lowest BCUT2D eigenvalue weighted by molar-refractivity contribution is 0.584. The van der Waals surface area contributed by atoms with Crippen molar-refractivity contribution >= 4 is 0 Å². The molecule has 1 heterocycles. The molecule has 0 aliphatic carbocycles. The molecule has 4 rings (SSSR count). The molecule has 0 saturated carbocycles. The predicted molar refractivity (Wildman–Crippen MR) is 99.1 cm³/mol. The van der Waals surface area contributed by atoms with Crippen molar-refractivity contribution in [3.63, 3.8) is 0 Å². The van der Waals surface area contributed by atoms with Gasteiger partial charge in [0.05, 0.1) is 17.0 Å². The van der Waals surface area contributed by atoms with E-state index < -0.39 is 11.6 Å².